The Balaban J connectivity index is 1.34. The van der Waals surface area contributed by atoms with Crippen LogP contribution in [0.1, 0.15) is 78.4 Å². The molecule has 0 atom stereocenters. The Kier molecular flexibility index (Phi) is 9.49. The first-order chi connectivity index (χ1) is 25.2. The van der Waals surface area contributed by atoms with Gasteiger partial charge >= 0.3 is 0 Å². The topological polar surface area (TPSA) is 98.7 Å². The zero-order chi connectivity index (χ0) is 36.3. The summed E-state index contributed by atoms with van der Waals surface area (Å²) in [5.41, 5.74) is 5.74. The van der Waals surface area contributed by atoms with Crippen LogP contribution in [-0.4, -0.2) is 40.6 Å². The van der Waals surface area contributed by atoms with Crippen molar-refractivity contribution in [2.45, 2.75) is 58.2 Å². The van der Waals surface area contributed by atoms with Crippen molar-refractivity contribution >= 4 is 5.78 Å². The van der Waals surface area contributed by atoms with Gasteiger partial charge in [-0.05, 0) is 64.1 Å². The van der Waals surface area contributed by atoms with Crippen LogP contribution in [0.5, 0.6) is 0 Å². The maximum Gasteiger partial charge on any atom is 0.184 e. The number of Topliss-reactive ketones (excluding diaryl/α,β-unsaturated/α-hetero) is 1. The molecule has 0 unspecified atom stereocenters. The lowest BCUT2D eigenvalue weighted by Gasteiger charge is -2.36. The van der Waals surface area contributed by atoms with Gasteiger partial charge in [0, 0.05) is 25.5 Å². The fourth-order valence-electron chi connectivity index (χ4n) is 7.26. The van der Waals surface area contributed by atoms with E-state index >= 15 is 0 Å². The molecule has 0 radical (unpaired) electrons. The first kappa shape index (κ1) is 34.5. The summed E-state index contributed by atoms with van der Waals surface area (Å²) < 4.78 is 3.92. The number of imidazole rings is 1. The second-order valence-corrected chi connectivity index (χ2v) is 13.6. The molecule has 1 N–H and O–H groups in total. The summed E-state index contributed by atoms with van der Waals surface area (Å²) >= 11 is 0. The Morgan fingerprint density at radius 1 is 0.712 bits per heavy atom. The summed E-state index contributed by atoms with van der Waals surface area (Å²) in [6, 6.07) is 47.7. The molecule has 0 fully saturated rings. The summed E-state index contributed by atoms with van der Waals surface area (Å²) in [6.45, 7) is 7.43. The van der Waals surface area contributed by atoms with E-state index in [1.807, 2.05) is 39.6 Å². The summed E-state index contributed by atoms with van der Waals surface area (Å²) in [6.07, 6.45) is 1.57. The highest BCUT2D eigenvalue weighted by Gasteiger charge is 2.42. The normalized spacial score (nSPS) is 11.9. The van der Waals surface area contributed by atoms with E-state index in [0.29, 0.717) is 30.2 Å². The van der Waals surface area contributed by atoms with E-state index in [9.17, 15) is 9.90 Å². The highest BCUT2D eigenvalue weighted by Crippen LogP contribution is 2.43. The second kappa shape index (κ2) is 14.3. The molecule has 0 amide bonds. The maximum atomic E-state index is 12.9. The molecule has 5 aromatic carbocycles. The van der Waals surface area contributed by atoms with Gasteiger partial charge in [-0.15, -0.1) is 5.10 Å². The van der Waals surface area contributed by atoms with Crippen LogP contribution in [0, 0.1) is 0 Å². The molecule has 8 nitrogen and oxygen atoms in total. The minimum atomic E-state index is -1.24. The van der Waals surface area contributed by atoms with Crippen LogP contribution in [-0.2, 0) is 24.1 Å². The molecule has 260 valence electrons. The number of benzene rings is 5. The minimum Gasteiger partial charge on any atom is -0.384 e. The van der Waals surface area contributed by atoms with Crippen LogP contribution in [0.15, 0.2) is 140 Å². The van der Waals surface area contributed by atoms with Crippen LogP contribution in [0.25, 0.3) is 22.5 Å². The van der Waals surface area contributed by atoms with E-state index in [4.69, 9.17) is 15.3 Å². The number of ketones is 1. The highest BCUT2D eigenvalue weighted by molar-refractivity contribution is 5.94. The lowest BCUT2D eigenvalue weighted by Crippen LogP contribution is -2.39. The second-order valence-electron chi connectivity index (χ2n) is 13.6. The molecule has 7 aromatic rings. The van der Waals surface area contributed by atoms with E-state index < -0.39 is 11.1 Å². The monoisotopic (exact) mass is 686 g/mol. The summed E-state index contributed by atoms with van der Waals surface area (Å²) in [7, 11) is 0. The van der Waals surface area contributed by atoms with Crippen molar-refractivity contribution in [1.29, 1.82) is 0 Å². The van der Waals surface area contributed by atoms with Crippen molar-refractivity contribution in [3.05, 3.63) is 179 Å². The van der Waals surface area contributed by atoms with Gasteiger partial charge in [0.2, 0.25) is 0 Å². The van der Waals surface area contributed by atoms with Crippen LogP contribution < -0.4 is 0 Å². The third-order valence-corrected chi connectivity index (χ3v) is 9.57. The van der Waals surface area contributed by atoms with Crippen molar-refractivity contribution < 1.29 is 9.90 Å². The first-order valence-electron chi connectivity index (χ1n) is 17.7. The van der Waals surface area contributed by atoms with Crippen molar-refractivity contribution in [3.8, 4) is 22.5 Å². The van der Waals surface area contributed by atoms with Crippen LogP contribution >= 0.6 is 0 Å². The Bertz CT molecular complexity index is 2190. The number of carbonyl (C=O) groups is 1. The van der Waals surface area contributed by atoms with Crippen LogP contribution in [0.2, 0.25) is 0 Å². The zero-order valence-electron chi connectivity index (χ0n) is 29.9. The third kappa shape index (κ3) is 6.26. The number of nitrogens with zero attached hydrogens (tertiary/aromatic N) is 6. The summed E-state index contributed by atoms with van der Waals surface area (Å²) in [5.74, 6) is 1.31. The van der Waals surface area contributed by atoms with Gasteiger partial charge in [0.05, 0.1) is 0 Å². The molecule has 0 saturated carbocycles. The molecule has 0 saturated heterocycles. The third-order valence-electron chi connectivity index (χ3n) is 9.57. The molecule has 7 rings (SSSR count). The smallest absolute Gasteiger partial charge is 0.184 e. The van der Waals surface area contributed by atoms with E-state index in [0.717, 1.165) is 51.2 Å². The summed E-state index contributed by atoms with van der Waals surface area (Å²) in [5, 5.41) is 24.6. The molecule has 0 bridgehead atoms. The zero-order valence-corrected chi connectivity index (χ0v) is 29.9. The maximum absolute atomic E-state index is 12.9. The molecule has 2 aromatic heterocycles. The number of hydrogen-bond donors (Lipinski definition) is 1. The van der Waals surface area contributed by atoms with Crippen molar-refractivity contribution in [1.82, 2.24) is 29.8 Å². The molecular formula is C44H42N6O2. The number of tetrazole rings is 1. The first-order valence-corrected chi connectivity index (χ1v) is 17.7. The largest absolute Gasteiger partial charge is 0.384 e. The van der Waals surface area contributed by atoms with E-state index in [-0.39, 0.29) is 5.78 Å². The predicted octanol–water partition coefficient (Wildman–Crippen LogP) is 8.47. The van der Waals surface area contributed by atoms with E-state index in [1.165, 1.54) is 6.92 Å². The average Bonchev–Trinajstić information content (AvgIpc) is 3.80. The number of aryl methyl sites for hydroxylation is 1. The number of aromatic nitrogens is 6. The Morgan fingerprint density at radius 2 is 1.23 bits per heavy atom. The minimum absolute atomic E-state index is 0.118. The van der Waals surface area contributed by atoms with Gasteiger partial charge in [0.25, 0.3) is 0 Å². The molecular weight excluding hydrogens is 645 g/mol. The van der Waals surface area contributed by atoms with Gasteiger partial charge in [0.1, 0.15) is 28.4 Å². The van der Waals surface area contributed by atoms with Crippen LogP contribution in [0.4, 0.5) is 0 Å². The fourth-order valence-corrected chi connectivity index (χ4v) is 7.26. The number of rotatable bonds is 12. The van der Waals surface area contributed by atoms with Gasteiger partial charge in [-0.1, -0.05) is 146 Å². The van der Waals surface area contributed by atoms with Gasteiger partial charge < -0.3 is 9.67 Å². The lowest BCUT2D eigenvalue weighted by atomic mass is 9.77. The quantitative estimate of drug-likeness (QED) is 0.102. The molecule has 2 heterocycles. The SMILES string of the molecule is CCCc1nc(C(C)(C)O)c(C(C)=O)n1Cc1ccc(-c2ccccc2-c2nnnn2C(c2ccccc2)(c2ccccc2)c2ccccc2)cc1. The van der Waals surface area contributed by atoms with Crippen molar-refractivity contribution in [2.75, 3.05) is 0 Å². The molecule has 0 aliphatic rings. The Hall–Kier alpha value is -5.99. The average molecular weight is 687 g/mol. The number of hydrogen-bond acceptors (Lipinski definition) is 6. The van der Waals surface area contributed by atoms with E-state index in [2.05, 4.69) is 121 Å². The molecule has 0 spiro atoms. The predicted molar refractivity (Wildman–Crippen MR) is 204 cm³/mol. The lowest BCUT2D eigenvalue weighted by molar-refractivity contribution is 0.0713. The van der Waals surface area contributed by atoms with E-state index in [1.54, 1.807) is 13.8 Å². The number of aliphatic hydroxyl groups is 1. The van der Waals surface area contributed by atoms with Crippen LogP contribution in [0.3, 0.4) is 0 Å². The van der Waals surface area contributed by atoms with Gasteiger partial charge in [-0.3, -0.25) is 4.79 Å². The van der Waals surface area contributed by atoms with Crippen molar-refractivity contribution in [2.24, 2.45) is 0 Å². The highest BCUT2D eigenvalue weighted by atomic mass is 16.3. The summed E-state index contributed by atoms with van der Waals surface area (Å²) in [4.78, 5) is 17.7. The van der Waals surface area contributed by atoms with Gasteiger partial charge in [-0.25, -0.2) is 9.67 Å². The van der Waals surface area contributed by atoms with Gasteiger partial charge in [0.15, 0.2) is 11.6 Å². The van der Waals surface area contributed by atoms with Gasteiger partial charge in [-0.2, -0.15) is 0 Å². The standard InChI is InChI=1S/C44H42N6O2/c1-5-17-39-45-41(43(3,4)52)40(31(2)51)49(39)30-32-26-28-33(29-27-32)37-24-15-16-25-38(37)42-46-47-48-50(42)44(34-18-9-6-10-19-34,35-20-11-7-12-21-35)36-22-13-8-14-23-36/h6-16,18-29,52H,5,17,30H2,1-4H3. The molecule has 52 heavy (non-hydrogen) atoms. The fraction of sp³-hybridized carbons (Fsp3) is 0.205. The molecule has 0 aliphatic heterocycles. The number of carbonyl (C=O) groups excluding carboxylic acids is 1. The molecule has 0 aliphatic carbocycles. The Labute approximate surface area is 304 Å². The Morgan fingerprint density at radius 3 is 1.73 bits per heavy atom. The molecule has 8 heteroatoms. The van der Waals surface area contributed by atoms with Crippen molar-refractivity contribution in [3.63, 3.8) is 0 Å².